The number of aryl methyl sites for hydroxylation is 1. The Kier molecular flexibility index (Phi) is 3.63. The number of amides is 1. The average Bonchev–Trinajstić information content (AvgIpc) is 3.25. The summed E-state index contributed by atoms with van der Waals surface area (Å²) in [5, 5.41) is 7.45. The second-order valence-electron chi connectivity index (χ2n) is 7.00. The van der Waals surface area contributed by atoms with Gasteiger partial charge in [0, 0.05) is 17.7 Å². The molecule has 0 saturated carbocycles. The van der Waals surface area contributed by atoms with Crippen LogP contribution in [0.25, 0.3) is 5.69 Å². The molecule has 2 aromatic rings. The van der Waals surface area contributed by atoms with E-state index in [0.29, 0.717) is 18.7 Å². The van der Waals surface area contributed by atoms with E-state index in [9.17, 15) is 9.59 Å². The van der Waals surface area contributed by atoms with E-state index < -0.39 is 5.54 Å². The number of rotatable bonds is 3. The SMILES string of the molecule is Cc1ccccc1-n1nc(C(=O)NC2(C)CCOC2=O)c2c1CCC2. The van der Waals surface area contributed by atoms with Crippen LogP contribution in [0.4, 0.5) is 0 Å². The number of carbonyl (C=O) groups excluding carboxylic acids is 2. The van der Waals surface area contributed by atoms with Crippen LogP contribution < -0.4 is 5.32 Å². The number of benzene rings is 1. The van der Waals surface area contributed by atoms with Gasteiger partial charge in [-0.15, -0.1) is 0 Å². The number of esters is 1. The van der Waals surface area contributed by atoms with Gasteiger partial charge in [0.2, 0.25) is 0 Å². The number of para-hydroxylation sites is 1. The van der Waals surface area contributed by atoms with Crippen molar-refractivity contribution in [2.75, 3.05) is 6.61 Å². The highest BCUT2D eigenvalue weighted by atomic mass is 16.5. The Morgan fingerprint density at radius 3 is 2.84 bits per heavy atom. The lowest BCUT2D eigenvalue weighted by molar-refractivity contribution is -0.142. The molecule has 4 rings (SSSR count). The topological polar surface area (TPSA) is 73.2 Å². The minimum Gasteiger partial charge on any atom is -0.464 e. The Morgan fingerprint density at radius 1 is 1.32 bits per heavy atom. The van der Waals surface area contributed by atoms with E-state index in [-0.39, 0.29) is 11.9 Å². The molecule has 6 nitrogen and oxygen atoms in total. The van der Waals surface area contributed by atoms with Crippen molar-refractivity contribution in [1.82, 2.24) is 15.1 Å². The summed E-state index contributed by atoms with van der Waals surface area (Å²) in [5.41, 5.74) is 3.66. The van der Waals surface area contributed by atoms with E-state index >= 15 is 0 Å². The number of cyclic esters (lactones) is 1. The number of hydrogen-bond acceptors (Lipinski definition) is 4. The monoisotopic (exact) mass is 339 g/mol. The van der Waals surface area contributed by atoms with Gasteiger partial charge in [0.1, 0.15) is 5.54 Å². The maximum Gasteiger partial charge on any atom is 0.331 e. The molecule has 1 aromatic carbocycles. The molecule has 1 aromatic heterocycles. The molecule has 130 valence electrons. The summed E-state index contributed by atoms with van der Waals surface area (Å²) < 4.78 is 6.90. The summed E-state index contributed by atoms with van der Waals surface area (Å²) in [6.07, 6.45) is 3.24. The highest BCUT2D eigenvalue weighted by Gasteiger charge is 2.42. The molecule has 1 atom stereocenters. The van der Waals surface area contributed by atoms with Crippen molar-refractivity contribution in [2.24, 2.45) is 0 Å². The van der Waals surface area contributed by atoms with E-state index in [1.807, 2.05) is 35.9 Å². The van der Waals surface area contributed by atoms with Gasteiger partial charge < -0.3 is 10.1 Å². The molecule has 1 aliphatic heterocycles. The first-order chi connectivity index (χ1) is 12.0. The number of ether oxygens (including phenoxy) is 1. The fraction of sp³-hybridized carbons (Fsp3) is 0.421. The molecule has 6 heteroatoms. The summed E-state index contributed by atoms with van der Waals surface area (Å²) in [7, 11) is 0. The van der Waals surface area contributed by atoms with E-state index in [0.717, 1.165) is 41.8 Å². The van der Waals surface area contributed by atoms with Crippen molar-refractivity contribution in [3.63, 3.8) is 0 Å². The number of aromatic nitrogens is 2. The fourth-order valence-corrected chi connectivity index (χ4v) is 3.65. The Hall–Kier alpha value is -2.63. The van der Waals surface area contributed by atoms with Crippen molar-refractivity contribution in [2.45, 2.75) is 45.1 Å². The van der Waals surface area contributed by atoms with Crippen LogP contribution in [0.5, 0.6) is 0 Å². The number of fused-ring (bicyclic) bond motifs is 1. The molecule has 1 N–H and O–H groups in total. The highest BCUT2D eigenvalue weighted by molar-refractivity contribution is 5.98. The zero-order valence-electron chi connectivity index (χ0n) is 14.5. The van der Waals surface area contributed by atoms with Crippen LogP contribution in [0.1, 0.15) is 47.1 Å². The Labute approximate surface area is 146 Å². The van der Waals surface area contributed by atoms with Crippen molar-refractivity contribution in [3.8, 4) is 5.69 Å². The number of nitrogens with zero attached hydrogens (tertiary/aromatic N) is 2. The first kappa shape index (κ1) is 15.9. The van der Waals surface area contributed by atoms with Crippen molar-refractivity contribution in [1.29, 1.82) is 0 Å². The maximum atomic E-state index is 12.8. The van der Waals surface area contributed by atoms with Gasteiger partial charge in [0.05, 0.1) is 12.3 Å². The second-order valence-corrected chi connectivity index (χ2v) is 7.00. The molecule has 1 saturated heterocycles. The Balaban J connectivity index is 1.72. The number of carbonyl (C=O) groups is 2. The molecule has 0 bridgehead atoms. The third-order valence-electron chi connectivity index (χ3n) is 5.16. The minimum absolute atomic E-state index is 0.299. The van der Waals surface area contributed by atoms with Crippen LogP contribution in [0, 0.1) is 6.92 Å². The standard InChI is InChI=1S/C19H21N3O3/c1-12-6-3-4-8-14(12)22-15-9-5-7-13(15)16(21-22)17(23)20-19(2)10-11-25-18(19)24/h3-4,6,8H,5,7,9-11H2,1-2H3,(H,20,23). The van der Waals surface area contributed by atoms with Crippen LogP contribution in [-0.4, -0.2) is 33.8 Å². The Bertz CT molecular complexity index is 871. The van der Waals surface area contributed by atoms with Gasteiger partial charge in [-0.05, 0) is 44.7 Å². The molecule has 0 radical (unpaired) electrons. The molecule has 1 unspecified atom stereocenters. The molecule has 1 fully saturated rings. The van der Waals surface area contributed by atoms with Crippen molar-refractivity contribution < 1.29 is 14.3 Å². The van der Waals surface area contributed by atoms with Crippen molar-refractivity contribution in [3.05, 3.63) is 46.8 Å². The largest absolute Gasteiger partial charge is 0.464 e. The van der Waals surface area contributed by atoms with Gasteiger partial charge in [-0.25, -0.2) is 9.48 Å². The van der Waals surface area contributed by atoms with Crippen LogP contribution >= 0.6 is 0 Å². The molecule has 1 amide bonds. The van der Waals surface area contributed by atoms with E-state index in [1.165, 1.54) is 0 Å². The second kappa shape index (κ2) is 5.72. The zero-order chi connectivity index (χ0) is 17.6. The van der Waals surface area contributed by atoms with Gasteiger partial charge in [-0.2, -0.15) is 5.10 Å². The van der Waals surface area contributed by atoms with Crippen LogP contribution in [-0.2, 0) is 22.4 Å². The van der Waals surface area contributed by atoms with Gasteiger partial charge in [0.15, 0.2) is 5.69 Å². The van der Waals surface area contributed by atoms with E-state index in [2.05, 4.69) is 10.4 Å². The first-order valence-electron chi connectivity index (χ1n) is 8.66. The third-order valence-corrected chi connectivity index (χ3v) is 5.16. The summed E-state index contributed by atoms with van der Waals surface area (Å²) >= 11 is 0. The predicted molar refractivity (Wildman–Crippen MR) is 91.8 cm³/mol. The lowest BCUT2D eigenvalue weighted by atomic mass is 10.0. The summed E-state index contributed by atoms with van der Waals surface area (Å²) in [5.74, 6) is -0.678. The lowest BCUT2D eigenvalue weighted by Gasteiger charge is -2.20. The normalized spacial score (nSPS) is 21.9. The molecule has 2 aliphatic rings. The molecular formula is C19H21N3O3. The first-order valence-corrected chi connectivity index (χ1v) is 8.66. The van der Waals surface area contributed by atoms with E-state index in [1.54, 1.807) is 6.92 Å². The average molecular weight is 339 g/mol. The highest BCUT2D eigenvalue weighted by Crippen LogP contribution is 2.29. The predicted octanol–water partition coefficient (Wildman–Crippen LogP) is 2.10. The van der Waals surface area contributed by atoms with Gasteiger partial charge >= 0.3 is 5.97 Å². The molecule has 1 aliphatic carbocycles. The summed E-state index contributed by atoms with van der Waals surface area (Å²) in [6.45, 7) is 4.08. The molecule has 25 heavy (non-hydrogen) atoms. The van der Waals surface area contributed by atoms with E-state index in [4.69, 9.17) is 4.74 Å². The Morgan fingerprint density at radius 2 is 2.12 bits per heavy atom. The van der Waals surface area contributed by atoms with Gasteiger partial charge in [0.25, 0.3) is 5.91 Å². The van der Waals surface area contributed by atoms with Crippen LogP contribution in [0.3, 0.4) is 0 Å². The van der Waals surface area contributed by atoms with Crippen molar-refractivity contribution >= 4 is 11.9 Å². The molecular weight excluding hydrogens is 318 g/mol. The molecule has 2 heterocycles. The number of nitrogens with one attached hydrogen (secondary N) is 1. The molecule has 0 spiro atoms. The summed E-state index contributed by atoms with van der Waals surface area (Å²) in [6, 6.07) is 8.01. The lowest BCUT2D eigenvalue weighted by Crippen LogP contribution is -2.49. The van der Waals surface area contributed by atoms with Gasteiger partial charge in [-0.1, -0.05) is 18.2 Å². The minimum atomic E-state index is -0.963. The smallest absolute Gasteiger partial charge is 0.331 e. The fourth-order valence-electron chi connectivity index (χ4n) is 3.65. The maximum absolute atomic E-state index is 12.8. The quantitative estimate of drug-likeness (QED) is 0.869. The third kappa shape index (κ3) is 2.52. The number of hydrogen-bond donors (Lipinski definition) is 1. The summed E-state index contributed by atoms with van der Waals surface area (Å²) in [4.78, 5) is 24.8. The van der Waals surface area contributed by atoms with Gasteiger partial charge in [-0.3, -0.25) is 4.79 Å². The van der Waals surface area contributed by atoms with Crippen LogP contribution in [0.2, 0.25) is 0 Å². The zero-order valence-corrected chi connectivity index (χ0v) is 14.5. The van der Waals surface area contributed by atoms with Crippen LogP contribution in [0.15, 0.2) is 24.3 Å².